The third-order valence-corrected chi connectivity index (χ3v) is 5.55. The summed E-state index contributed by atoms with van der Waals surface area (Å²) in [5.41, 5.74) is 0.644. The van der Waals surface area contributed by atoms with Gasteiger partial charge in [-0.1, -0.05) is 25.1 Å². The second-order valence-corrected chi connectivity index (χ2v) is 7.79. The van der Waals surface area contributed by atoms with Crippen molar-refractivity contribution in [2.75, 3.05) is 31.8 Å². The molecule has 1 aromatic carbocycles. The van der Waals surface area contributed by atoms with Crippen LogP contribution in [0.4, 0.5) is 5.69 Å². The van der Waals surface area contributed by atoms with Crippen LogP contribution >= 0.6 is 0 Å². The Kier molecular flexibility index (Phi) is 7.29. The van der Waals surface area contributed by atoms with Crippen LogP contribution in [0.3, 0.4) is 0 Å². The monoisotopic (exact) mass is 442 g/mol. The molecule has 1 N–H and O–H groups in total. The van der Waals surface area contributed by atoms with E-state index < -0.39 is 17.4 Å². The van der Waals surface area contributed by atoms with Gasteiger partial charge in [0, 0.05) is 32.0 Å². The predicted octanol–water partition coefficient (Wildman–Crippen LogP) is 2.19. The molecule has 1 aliphatic heterocycles. The molecule has 1 unspecified atom stereocenters. The van der Waals surface area contributed by atoms with E-state index in [-0.39, 0.29) is 30.4 Å². The number of carbonyl (C=O) groups excluding carboxylic acids is 3. The number of nitrogens with zero attached hydrogens (tertiary/aromatic N) is 3. The zero-order chi connectivity index (χ0) is 23.3. The molecule has 0 saturated carbocycles. The van der Waals surface area contributed by atoms with Crippen LogP contribution in [0.5, 0.6) is 0 Å². The quantitative estimate of drug-likeness (QED) is 0.472. The summed E-state index contributed by atoms with van der Waals surface area (Å²) in [5, 5.41) is 7.19. The molecule has 1 aliphatic rings. The van der Waals surface area contributed by atoms with Crippen molar-refractivity contribution in [2.45, 2.75) is 45.7 Å². The van der Waals surface area contributed by atoms with Crippen LogP contribution in [0.15, 0.2) is 30.3 Å². The molecular formula is C23H30N4O5. The molecule has 0 saturated heterocycles. The maximum absolute atomic E-state index is 13.7. The van der Waals surface area contributed by atoms with Gasteiger partial charge in [-0.25, -0.2) is 4.79 Å². The van der Waals surface area contributed by atoms with E-state index >= 15 is 0 Å². The van der Waals surface area contributed by atoms with Gasteiger partial charge in [0.2, 0.25) is 5.91 Å². The molecule has 9 nitrogen and oxygen atoms in total. The van der Waals surface area contributed by atoms with Crippen molar-refractivity contribution >= 4 is 23.5 Å². The lowest BCUT2D eigenvalue weighted by Gasteiger charge is -2.43. The van der Waals surface area contributed by atoms with E-state index in [1.165, 1.54) is 15.6 Å². The molecule has 2 heterocycles. The van der Waals surface area contributed by atoms with Crippen molar-refractivity contribution < 1.29 is 23.9 Å². The number of aromatic nitrogens is 2. The minimum atomic E-state index is -1.25. The minimum Gasteiger partial charge on any atom is -0.461 e. The Morgan fingerprint density at radius 2 is 2.00 bits per heavy atom. The molecule has 0 fully saturated rings. The molecule has 0 aliphatic carbocycles. The van der Waals surface area contributed by atoms with Gasteiger partial charge >= 0.3 is 5.97 Å². The van der Waals surface area contributed by atoms with Gasteiger partial charge in [-0.05, 0) is 38.3 Å². The topological polar surface area (TPSA) is 103 Å². The maximum Gasteiger partial charge on any atom is 0.358 e. The van der Waals surface area contributed by atoms with Crippen molar-refractivity contribution in [1.29, 1.82) is 0 Å². The number of esters is 1. The Labute approximate surface area is 187 Å². The fourth-order valence-corrected chi connectivity index (χ4v) is 3.90. The number of benzene rings is 1. The van der Waals surface area contributed by atoms with E-state index in [1.807, 2.05) is 31.2 Å². The van der Waals surface area contributed by atoms with E-state index in [0.29, 0.717) is 31.7 Å². The fourth-order valence-electron chi connectivity index (χ4n) is 3.90. The Morgan fingerprint density at radius 1 is 1.25 bits per heavy atom. The van der Waals surface area contributed by atoms with E-state index in [0.717, 1.165) is 5.56 Å². The molecule has 0 radical (unpaired) electrons. The summed E-state index contributed by atoms with van der Waals surface area (Å²) in [6.07, 6.45) is 1.34. The average Bonchev–Trinajstić information content (AvgIpc) is 3.21. The number of methoxy groups -OCH3 is 1. The second kappa shape index (κ2) is 9.95. The molecular weight excluding hydrogens is 412 g/mol. The number of carbonyl (C=O) groups is 3. The summed E-state index contributed by atoms with van der Waals surface area (Å²) in [6, 6.07) is 8.95. The highest BCUT2D eigenvalue weighted by Crippen LogP contribution is 2.35. The van der Waals surface area contributed by atoms with Crippen LogP contribution in [0.25, 0.3) is 0 Å². The third-order valence-electron chi connectivity index (χ3n) is 5.55. The largest absolute Gasteiger partial charge is 0.461 e. The highest BCUT2D eigenvalue weighted by atomic mass is 16.5. The Bertz CT molecular complexity index is 1000. The van der Waals surface area contributed by atoms with Gasteiger partial charge in [-0.2, -0.15) is 5.10 Å². The van der Waals surface area contributed by atoms with Crippen LogP contribution in [-0.2, 0) is 27.2 Å². The number of anilines is 1. The highest BCUT2D eigenvalue weighted by molar-refractivity contribution is 6.12. The first-order valence-corrected chi connectivity index (χ1v) is 10.8. The van der Waals surface area contributed by atoms with Gasteiger partial charge < -0.3 is 14.8 Å². The molecule has 9 heteroatoms. The standard InChI is InChI=1S/C23H30N4O5/c1-5-16-10-7-8-11-18(16)27-20(28)19-14-17(21(29)32-6-2)25-26(19)15-23(27,3)22(30)24-12-9-13-31-4/h7-8,10-11,14H,5-6,9,12-13,15H2,1-4H3,(H,24,30). The predicted molar refractivity (Wildman–Crippen MR) is 119 cm³/mol. The average molecular weight is 443 g/mol. The number of rotatable bonds is 9. The first-order chi connectivity index (χ1) is 15.4. The number of hydrogen-bond donors (Lipinski definition) is 1. The van der Waals surface area contributed by atoms with Crippen LogP contribution in [-0.4, -0.2) is 60.0 Å². The fraction of sp³-hybridized carbons (Fsp3) is 0.478. The number of ether oxygens (including phenoxy) is 2. The first-order valence-electron chi connectivity index (χ1n) is 10.8. The highest BCUT2D eigenvalue weighted by Gasteiger charge is 2.49. The third kappa shape index (κ3) is 4.38. The molecule has 172 valence electrons. The molecule has 32 heavy (non-hydrogen) atoms. The number of nitrogens with one attached hydrogen (secondary N) is 1. The minimum absolute atomic E-state index is 0.0451. The normalized spacial score (nSPS) is 17.8. The van der Waals surface area contributed by atoms with Crippen molar-refractivity contribution in [3.63, 3.8) is 0 Å². The van der Waals surface area contributed by atoms with Crippen LogP contribution in [0.2, 0.25) is 0 Å². The zero-order valence-corrected chi connectivity index (χ0v) is 19.0. The summed E-state index contributed by atoms with van der Waals surface area (Å²) in [4.78, 5) is 40.8. The van der Waals surface area contributed by atoms with Crippen molar-refractivity contribution in [2.24, 2.45) is 0 Å². The van der Waals surface area contributed by atoms with E-state index in [4.69, 9.17) is 9.47 Å². The van der Waals surface area contributed by atoms with Gasteiger partial charge in [0.05, 0.1) is 13.2 Å². The smallest absolute Gasteiger partial charge is 0.358 e. The number of para-hydroxylation sites is 1. The number of amides is 2. The molecule has 2 aromatic rings. The Morgan fingerprint density at radius 3 is 2.69 bits per heavy atom. The van der Waals surface area contributed by atoms with Crippen LogP contribution < -0.4 is 10.2 Å². The molecule has 1 atom stereocenters. The molecule has 1 aromatic heterocycles. The first kappa shape index (κ1) is 23.5. The van der Waals surface area contributed by atoms with Gasteiger partial charge in [-0.15, -0.1) is 0 Å². The Balaban J connectivity index is 2.05. The molecule has 0 spiro atoms. The number of fused-ring (bicyclic) bond motifs is 1. The molecule has 0 bridgehead atoms. The summed E-state index contributed by atoms with van der Waals surface area (Å²) in [7, 11) is 1.60. The summed E-state index contributed by atoms with van der Waals surface area (Å²) < 4.78 is 11.5. The van der Waals surface area contributed by atoms with E-state index in [9.17, 15) is 14.4 Å². The van der Waals surface area contributed by atoms with Crippen molar-refractivity contribution in [3.8, 4) is 0 Å². The van der Waals surface area contributed by atoms with Crippen molar-refractivity contribution in [3.05, 3.63) is 47.3 Å². The second-order valence-electron chi connectivity index (χ2n) is 7.79. The molecule has 2 amide bonds. The van der Waals surface area contributed by atoms with Gasteiger partial charge in [0.1, 0.15) is 11.2 Å². The summed E-state index contributed by atoms with van der Waals surface area (Å²) in [5.74, 6) is -1.30. The summed E-state index contributed by atoms with van der Waals surface area (Å²) >= 11 is 0. The van der Waals surface area contributed by atoms with Gasteiger partial charge in [-0.3, -0.25) is 19.2 Å². The lowest BCUT2D eigenvalue weighted by atomic mass is 9.92. The molecule has 3 rings (SSSR count). The van der Waals surface area contributed by atoms with E-state index in [1.54, 1.807) is 21.0 Å². The Hall–Kier alpha value is -3.20. The van der Waals surface area contributed by atoms with Gasteiger partial charge in [0.15, 0.2) is 5.69 Å². The van der Waals surface area contributed by atoms with Crippen molar-refractivity contribution in [1.82, 2.24) is 15.1 Å². The number of hydrogen-bond acceptors (Lipinski definition) is 6. The SMILES string of the molecule is CCOC(=O)c1cc2n(n1)CC(C)(C(=O)NCCCOC)N(c1ccccc1CC)C2=O. The van der Waals surface area contributed by atoms with Crippen LogP contribution in [0, 0.1) is 0 Å². The lowest BCUT2D eigenvalue weighted by Crippen LogP contribution is -2.64. The zero-order valence-electron chi connectivity index (χ0n) is 19.0. The van der Waals surface area contributed by atoms with E-state index in [2.05, 4.69) is 10.4 Å². The lowest BCUT2D eigenvalue weighted by molar-refractivity contribution is -0.126. The number of aryl methyl sites for hydroxylation is 1. The summed E-state index contributed by atoms with van der Waals surface area (Å²) in [6.45, 7) is 6.65. The maximum atomic E-state index is 13.7. The van der Waals surface area contributed by atoms with Crippen LogP contribution in [0.1, 0.15) is 53.7 Å². The van der Waals surface area contributed by atoms with Gasteiger partial charge in [0.25, 0.3) is 5.91 Å².